The summed E-state index contributed by atoms with van der Waals surface area (Å²) in [5, 5.41) is 4.41. The molecule has 1 saturated heterocycles. The predicted octanol–water partition coefficient (Wildman–Crippen LogP) is -0.412. The number of piperazine rings is 1. The fraction of sp³-hybridized carbons (Fsp3) is 0.429. The third-order valence-corrected chi connectivity index (χ3v) is 5.56. The number of rotatable bonds is 4. The molecular formula is C14H19FN4O4S. The fourth-order valence-corrected chi connectivity index (χ4v) is 3.84. The molecule has 8 nitrogen and oxygen atoms in total. The summed E-state index contributed by atoms with van der Waals surface area (Å²) < 4.78 is 39.8. The van der Waals surface area contributed by atoms with Crippen LogP contribution < -0.4 is 10.6 Å². The average Bonchev–Trinajstić information content (AvgIpc) is 2.55. The second-order valence-electron chi connectivity index (χ2n) is 5.24. The van der Waals surface area contributed by atoms with Crippen molar-refractivity contribution in [3.63, 3.8) is 0 Å². The largest absolute Gasteiger partial charge is 0.341 e. The molecular weight excluding hydrogens is 339 g/mol. The number of nitrogens with zero attached hydrogens (tertiary/aromatic N) is 2. The third-order valence-electron chi connectivity index (χ3n) is 3.63. The maximum atomic E-state index is 13.7. The van der Waals surface area contributed by atoms with Crippen LogP contribution in [0, 0.1) is 5.82 Å². The van der Waals surface area contributed by atoms with Crippen LogP contribution in [0.4, 0.5) is 9.18 Å². The van der Waals surface area contributed by atoms with Crippen molar-refractivity contribution in [3.05, 3.63) is 30.1 Å². The molecule has 3 amide bonds. The van der Waals surface area contributed by atoms with Gasteiger partial charge >= 0.3 is 6.03 Å². The first-order chi connectivity index (χ1) is 11.3. The lowest BCUT2D eigenvalue weighted by molar-refractivity contribution is -0.121. The summed E-state index contributed by atoms with van der Waals surface area (Å²) in [6, 6.07) is 4.63. The van der Waals surface area contributed by atoms with Gasteiger partial charge in [-0.15, -0.1) is 0 Å². The number of nitrogens with one attached hydrogen (secondary N) is 2. The van der Waals surface area contributed by atoms with Crippen LogP contribution in [-0.4, -0.2) is 69.3 Å². The maximum absolute atomic E-state index is 13.7. The lowest BCUT2D eigenvalue weighted by atomic mass is 10.3. The molecule has 0 saturated carbocycles. The van der Waals surface area contributed by atoms with Crippen molar-refractivity contribution in [2.45, 2.75) is 4.90 Å². The number of amides is 3. The standard InChI is InChI=1S/C14H19FN4O4S/c1-16-14(21)17-13(20)10-18-6-8-19(9-7-18)24(22,23)12-5-3-2-4-11(12)15/h2-5H,6-10H2,1H3,(H2,16,17,20,21). The SMILES string of the molecule is CNC(=O)NC(=O)CN1CCN(S(=O)(=O)c2ccccc2F)CC1. The first kappa shape index (κ1) is 18.3. The number of carbonyl (C=O) groups excluding carboxylic acids is 2. The van der Waals surface area contributed by atoms with Crippen molar-refractivity contribution in [2.24, 2.45) is 0 Å². The van der Waals surface area contributed by atoms with E-state index in [1.807, 2.05) is 0 Å². The topological polar surface area (TPSA) is 98.8 Å². The van der Waals surface area contributed by atoms with Crippen LogP contribution in [0.1, 0.15) is 0 Å². The molecule has 0 bridgehead atoms. The van der Waals surface area contributed by atoms with Crippen LogP contribution in [-0.2, 0) is 14.8 Å². The molecule has 0 spiro atoms. The summed E-state index contributed by atoms with van der Waals surface area (Å²) in [6.07, 6.45) is 0. The summed E-state index contributed by atoms with van der Waals surface area (Å²) in [4.78, 5) is 24.1. The Hall–Kier alpha value is -2.04. The smallest absolute Gasteiger partial charge is 0.321 e. The monoisotopic (exact) mass is 358 g/mol. The number of sulfonamides is 1. The lowest BCUT2D eigenvalue weighted by Crippen LogP contribution is -2.52. The molecule has 0 radical (unpaired) electrons. The van der Waals surface area contributed by atoms with Crippen LogP contribution in [0.3, 0.4) is 0 Å². The zero-order valence-corrected chi connectivity index (χ0v) is 14.0. The van der Waals surface area contributed by atoms with E-state index < -0.39 is 27.8 Å². The lowest BCUT2D eigenvalue weighted by Gasteiger charge is -2.33. The molecule has 1 aliphatic rings. The van der Waals surface area contributed by atoms with Crippen LogP contribution in [0.25, 0.3) is 0 Å². The quantitative estimate of drug-likeness (QED) is 0.762. The van der Waals surface area contributed by atoms with Gasteiger partial charge in [0.05, 0.1) is 6.54 Å². The van der Waals surface area contributed by atoms with Gasteiger partial charge in [-0.05, 0) is 12.1 Å². The maximum Gasteiger partial charge on any atom is 0.321 e. The molecule has 0 unspecified atom stereocenters. The molecule has 1 aromatic rings. The normalized spacial score (nSPS) is 16.6. The van der Waals surface area contributed by atoms with Crippen molar-refractivity contribution in [1.82, 2.24) is 19.8 Å². The minimum atomic E-state index is -3.90. The first-order valence-corrected chi connectivity index (χ1v) is 8.77. The van der Waals surface area contributed by atoms with Gasteiger partial charge < -0.3 is 5.32 Å². The first-order valence-electron chi connectivity index (χ1n) is 7.33. The van der Waals surface area contributed by atoms with Gasteiger partial charge in [-0.25, -0.2) is 17.6 Å². The molecule has 0 atom stereocenters. The molecule has 1 heterocycles. The molecule has 1 aliphatic heterocycles. The molecule has 1 aromatic carbocycles. The van der Waals surface area contributed by atoms with Crippen molar-refractivity contribution in [2.75, 3.05) is 39.8 Å². The van der Waals surface area contributed by atoms with Gasteiger partial charge in [-0.1, -0.05) is 12.1 Å². The molecule has 0 aliphatic carbocycles. The van der Waals surface area contributed by atoms with E-state index in [4.69, 9.17) is 0 Å². The Kier molecular flexibility index (Phi) is 5.86. The van der Waals surface area contributed by atoms with Crippen molar-refractivity contribution < 1.29 is 22.4 Å². The summed E-state index contributed by atoms with van der Waals surface area (Å²) in [6.45, 7) is 0.901. The number of hydrogen-bond donors (Lipinski definition) is 2. The van der Waals surface area contributed by atoms with Crippen LogP contribution in [0.15, 0.2) is 29.2 Å². The minimum Gasteiger partial charge on any atom is -0.341 e. The summed E-state index contributed by atoms with van der Waals surface area (Å²) >= 11 is 0. The van der Waals surface area contributed by atoms with Crippen molar-refractivity contribution >= 4 is 22.0 Å². The van der Waals surface area contributed by atoms with E-state index in [9.17, 15) is 22.4 Å². The molecule has 2 rings (SSSR count). The van der Waals surface area contributed by atoms with Crippen molar-refractivity contribution in [3.8, 4) is 0 Å². The second kappa shape index (κ2) is 7.69. The van der Waals surface area contributed by atoms with Gasteiger partial charge in [0.1, 0.15) is 10.7 Å². The number of imide groups is 1. The molecule has 2 N–H and O–H groups in total. The number of urea groups is 1. The van der Waals surface area contributed by atoms with E-state index in [0.717, 1.165) is 6.07 Å². The Morgan fingerprint density at radius 3 is 2.38 bits per heavy atom. The number of benzene rings is 1. The van der Waals surface area contributed by atoms with E-state index >= 15 is 0 Å². The van der Waals surface area contributed by atoms with Crippen LogP contribution >= 0.6 is 0 Å². The summed E-state index contributed by atoms with van der Waals surface area (Å²) in [5.74, 6) is -1.26. The van der Waals surface area contributed by atoms with Gasteiger partial charge in [0.15, 0.2) is 0 Å². The highest BCUT2D eigenvalue weighted by atomic mass is 32.2. The van der Waals surface area contributed by atoms with E-state index in [0.29, 0.717) is 13.1 Å². The second-order valence-corrected chi connectivity index (χ2v) is 7.14. The highest BCUT2D eigenvalue weighted by molar-refractivity contribution is 7.89. The average molecular weight is 358 g/mol. The molecule has 10 heteroatoms. The van der Waals surface area contributed by atoms with E-state index in [1.54, 1.807) is 4.90 Å². The van der Waals surface area contributed by atoms with E-state index in [-0.39, 0.29) is 24.5 Å². The van der Waals surface area contributed by atoms with Gasteiger partial charge in [0.2, 0.25) is 15.9 Å². The minimum absolute atomic E-state index is 0.0129. The predicted molar refractivity (Wildman–Crippen MR) is 84.2 cm³/mol. The highest BCUT2D eigenvalue weighted by Gasteiger charge is 2.30. The van der Waals surface area contributed by atoms with Crippen molar-refractivity contribution in [1.29, 1.82) is 0 Å². The number of carbonyl (C=O) groups is 2. The Bertz CT molecular complexity index is 717. The van der Waals surface area contributed by atoms with Gasteiger partial charge in [0.25, 0.3) is 0 Å². The Balaban J connectivity index is 1.94. The van der Waals surface area contributed by atoms with Gasteiger partial charge in [-0.2, -0.15) is 4.31 Å². The molecule has 132 valence electrons. The number of hydrogen-bond acceptors (Lipinski definition) is 5. The van der Waals surface area contributed by atoms with Crippen LogP contribution in [0.5, 0.6) is 0 Å². The zero-order valence-electron chi connectivity index (χ0n) is 13.2. The van der Waals surface area contributed by atoms with Crippen LogP contribution in [0.2, 0.25) is 0 Å². The highest BCUT2D eigenvalue weighted by Crippen LogP contribution is 2.20. The number of halogens is 1. The van der Waals surface area contributed by atoms with Gasteiger partial charge in [0, 0.05) is 33.2 Å². The summed E-state index contributed by atoms with van der Waals surface area (Å²) in [7, 11) is -2.50. The molecule has 0 aromatic heterocycles. The Morgan fingerprint density at radius 2 is 1.79 bits per heavy atom. The fourth-order valence-electron chi connectivity index (χ4n) is 2.35. The zero-order chi connectivity index (χ0) is 17.7. The Morgan fingerprint density at radius 1 is 1.17 bits per heavy atom. The van der Waals surface area contributed by atoms with E-state index in [1.165, 1.54) is 29.6 Å². The molecule has 1 fully saturated rings. The summed E-state index contributed by atoms with van der Waals surface area (Å²) in [5.41, 5.74) is 0. The van der Waals surface area contributed by atoms with E-state index in [2.05, 4.69) is 10.6 Å². The van der Waals surface area contributed by atoms with Gasteiger partial charge in [-0.3, -0.25) is 15.0 Å². The Labute approximate surface area is 139 Å². The molecule has 24 heavy (non-hydrogen) atoms. The third kappa shape index (κ3) is 4.28.